The Kier molecular flexibility index (Phi) is 5.38. The number of amides is 2. The molecule has 0 radical (unpaired) electrons. The molecule has 114 valence electrons. The Hall–Kier alpha value is -2.53. The van der Waals surface area contributed by atoms with Gasteiger partial charge in [-0.25, -0.2) is 4.79 Å². The molecule has 0 heterocycles. The first-order valence-electron chi connectivity index (χ1n) is 6.63. The number of anilines is 1. The van der Waals surface area contributed by atoms with Crippen molar-refractivity contribution in [2.75, 3.05) is 5.32 Å². The smallest absolute Gasteiger partial charge is 0.319 e. The molecule has 0 aliphatic carbocycles. The van der Waals surface area contributed by atoms with Crippen LogP contribution in [-0.2, 0) is 17.8 Å². The highest BCUT2D eigenvalue weighted by atomic mass is 35.5. The van der Waals surface area contributed by atoms with Crippen molar-refractivity contribution >= 4 is 29.3 Å². The normalized spacial score (nSPS) is 10.0. The first kappa shape index (κ1) is 15.9. The van der Waals surface area contributed by atoms with Crippen LogP contribution in [0.4, 0.5) is 10.5 Å². The van der Waals surface area contributed by atoms with Crippen molar-refractivity contribution in [3.8, 4) is 0 Å². The summed E-state index contributed by atoms with van der Waals surface area (Å²) in [6, 6.07) is 13.8. The molecule has 0 atom stereocenters. The van der Waals surface area contributed by atoms with Gasteiger partial charge in [-0.3, -0.25) is 4.79 Å². The van der Waals surface area contributed by atoms with Crippen molar-refractivity contribution in [2.45, 2.75) is 13.0 Å². The molecular weight excluding hydrogens is 304 g/mol. The highest BCUT2D eigenvalue weighted by Crippen LogP contribution is 2.23. The van der Waals surface area contributed by atoms with Crippen molar-refractivity contribution in [1.82, 2.24) is 5.32 Å². The molecule has 6 heteroatoms. The Morgan fingerprint density at radius 1 is 1.05 bits per heavy atom. The van der Waals surface area contributed by atoms with Crippen LogP contribution in [0.1, 0.15) is 11.1 Å². The molecule has 2 aromatic carbocycles. The van der Waals surface area contributed by atoms with Gasteiger partial charge < -0.3 is 15.7 Å². The van der Waals surface area contributed by atoms with Crippen LogP contribution < -0.4 is 10.6 Å². The molecule has 2 amide bonds. The minimum absolute atomic E-state index is 0.127. The molecule has 0 saturated carbocycles. The van der Waals surface area contributed by atoms with E-state index in [2.05, 4.69) is 10.6 Å². The number of carboxylic acid groups (broad SMARTS) is 1. The summed E-state index contributed by atoms with van der Waals surface area (Å²) in [7, 11) is 0. The van der Waals surface area contributed by atoms with E-state index in [9.17, 15) is 9.59 Å². The summed E-state index contributed by atoms with van der Waals surface area (Å²) < 4.78 is 0. The van der Waals surface area contributed by atoms with E-state index in [4.69, 9.17) is 16.7 Å². The summed E-state index contributed by atoms with van der Waals surface area (Å²) in [6.45, 7) is 0.388. The maximum Gasteiger partial charge on any atom is 0.319 e. The van der Waals surface area contributed by atoms with Crippen LogP contribution in [0.5, 0.6) is 0 Å². The average molecular weight is 319 g/mol. The molecule has 0 bridgehead atoms. The molecule has 22 heavy (non-hydrogen) atoms. The first-order chi connectivity index (χ1) is 10.5. The molecule has 0 aromatic heterocycles. The second kappa shape index (κ2) is 7.47. The van der Waals surface area contributed by atoms with Crippen molar-refractivity contribution in [1.29, 1.82) is 0 Å². The number of carbonyl (C=O) groups is 2. The maximum absolute atomic E-state index is 11.9. The lowest BCUT2D eigenvalue weighted by Gasteiger charge is -2.10. The average Bonchev–Trinajstić information content (AvgIpc) is 2.49. The van der Waals surface area contributed by atoms with Crippen molar-refractivity contribution < 1.29 is 14.7 Å². The van der Waals surface area contributed by atoms with Gasteiger partial charge in [-0.2, -0.15) is 0 Å². The number of urea groups is 1. The van der Waals surface area contributed by atoms with Gasteiger partial charge in [-0.05, 0) is 23.3 Å². The Bertz CT molecular complexity index is 674. The van der Waals surface area contributed by atoms with Crippen LogP contribution >= 0.6 is 11.6 Å². The molecule has 2 aromatic rings. The zero-order valence-electron chi connectivity index (χ0n) is 11.7. The number of halogens is 1. The predicted octanol–water partition coefficient (Wildman–Crippen LogP) is 3.29. The molecule has 0 aliphatic heterocycles. The molecule has 0 saturated heterocycles. The van der Waals surface area contributed by atoms with Gasteiger partial charge in [0.25, 0.3) is 0 Å². The summed E-state index contributed by atoms with van der Waals surface area (Å²) in [5.74, 6) is -0.943. The van der Waals surface area contributed by atoms with Gasteiger partial charge >= 0.3 is 12.0 Å². The van der Waals surface area contributed by atoms with Gasteiger partial charge in [0.05, 0.1) is 17.1 Å². The Labute approximate surface area is 132 Å². The molecule has 5 nitrogen and oxygen atoms in total. The maximum atomic E-state index is 11.9. The van der Waals surface area contributed by atoms with Gasteiger partial charge in [0.1, 0.15) is 0 Å². The number of benzene rings is 2. The number of aliphatic carboxylic acids is 1. The summed E-state index contributed by atoms with van der Waals surface area (Å²) in [4.78, 5) is 22.6. The minimum Gasteiger partial charge on any atom is -0.481 e. The third-order valence-electron chi connectivity index (χ3n) is 2.93. The second-order valence-corrected chi connectivity index (χ2v) is 5.09. The monoisotopic (exact) mass is 318 g/mol. The van der Waals surface area contributed by atoms with Crippen molar-refractivity contribution in [2.24, 2.45) is 0 Å². The highest BCUT2D eigenvalue weighted by molar-refractivity contribution is 6.33. The van der Waals surface area contributed by atoms with Gasteiger partial charge in [0.2, 0.25) is 0 Å². The standard InChI is InChI=1S/C16H15ClN2O3/c17-13-7-6-12(9-15(20)21)8-14(13)19-16(22)18-10-11-4-2-1-3-5-11/h1-8H,9-10H2,(H,20,21)(H2,18,19,22). The summed E-state index contributed by atoms with van der Waals surface area (Å²) in [5, 5.41) is 14.5. The lowest BCUT2D eigenvalue weighted by molar-refractivity contribution is -0.136. The number of rotatable bonds is 5. The Morgan fingerprint density at radius 2 is 1.77 bits per heavy atom. The fraction of sp³-hybridized carbons (Fsp3) is 0.125. The van der Waals surface area contributed by atoms with E-state index in [1.807, 2.05) is 30.3 Å². The molecule has 0 spiro atoms. The van der Waals surface area contributed by atoms with Crippen LogP contribution in [-0.4, -0.2) is 17.1 Å². The molecular formula is C16H15ClN2O3. The van der Waals surface area contributed by atoms with Gasteiger partial charge in [-0.1, -0.05) is 48.0 Å². The lowest BCUT2D eigenvalue weighted by atomic mass is 10.1. The topological polar surface area (TPSA) is 78.4 Å². The van der Waals surface area contributed by atoms with Gasteiger partial charge in [-0.15, -0.1) is 0 Å². The van der Waals surface area contributed by atoms with Crippen LogP contribution in [0, 0.1) is 0 Å². The van der Waals surface area contributed by atoms with Crippen LogP contribution in [0.15, 0.2) is 48.5 Å². The molecule has 0 aliphatic rings. The summed E-state index contributed by atoms with van der Waals surface area (Å²) >= 11 is 6.00. The van der Waals surface area contributed by atoms with Crippen molar-refractivity contribution in [3.05, 3.63) is 64.7 Å². The Morgan fingerprint density at radius 3 is 2.45 bits per heavy atom. The molecule has 2 rings (SSSR count). The predicted molar refractivity (Wildman–Crippen MR) is 85.1 cm³/mol. The number of nitrogens with one attached hydrogen (secondary N) is 2. The van der Waals surface area contributed by atoms with E-state index in [0.29, 0.717) is 22.8 Å². The van der Waals surface area contributed by atoms with Crippen LogP contribution in [0.25, 0.3) is 0 Å². The van der Waals surface area contributed by atoms with E-state index in [0.717, 1.165) is 5.56 Å². The van der Waals surface area contributed by atoms with Gasteiger partial charge in [0.15, 0.2) is 0 Å². The third-order valence-corrected chi connectivity index (χ3v) is 3.26. The molecule has 0 fully saturated rings. The largest absolute Gasteiger partial charge is 0.481 e. The number of carboxylic acids is 1. The zero-order valence-corrected chi connectivity index (χ0v) is 12.4. The quantitative estimate of drug-likeness (QED) is 0.791. The Balaban J connectivity index is 1.97. The fourth-order valence-electron chi connectivity index (χ4n) is 1.90. The fourth-order valence-corrected chi connectivity index (χ4v) is 2.06. The van der Waals surface area contributed by atoms with Crippen LogP contribution in [0.3, 0.4) is 0 Å². The lowest BCUT2D eigenvalue weighted by Crippen LogP contribution is -2.28. The van der Waals surface area contributed by atoms with Gasteiger partial charge in [0, 0.05) is 6.54 Å². The summed E-state index contributed by atoms with van der Waals surface area (Å²) in [5.41, 5.74) is 1.92. The second-order valence-electron chi connectivity index (χ2n) is 4.68. The van der Waals surface area contributed by atoms with E-state index < -0.39 is 12.0 Å². The minimum atomic E-state index is -0.943. The SMILES string of the molecule is O=C(O)Cc1ccc(Cl)c(NC(=O)NCc2ccccc2)c1. The number of hydrogen-bond donors (Lipinski definition) is 3. The molecule has 0 unspecified atom stereocenters. The number of hydrogen-bond acceptors (Lipinski definition) is 2. The zero-order chi connectivity index (χ0) is 15.9. The van der Waals surface area contributed by atoms with E-state index in [1.54, 1.807) is 18.2 Å². The van der Waals surface area contributed by atoms with Crippen LogP contribution in [0.2, 0.25) is 5.02 Å². The van der Waals surface area contributed by atoms with E-state index in [-0.39, 0.29) is 6.42 Å². The highest BCUT2D eigenvalue weighted by Gasteiger charge is 2.08. The third kappa shape index (κ3) is 4.79. The van der Waals surface area contributed by atoms with E-state index in [1.165, 1.54) is 0 Å². The summed E-state index contributed by atoms with van der Waals surface area (Å²) in [6.07, 6.45) is -0.127. The van der Waals surface area contributed by atoms with E-state index >= 15 is 0 Å². The molecule has 3 N–H and O–H groups in total. The first-order valence-corrected chi connectivity index (χ1v) is 7.01. The van der Waals surface area contributed by atoms with Crippen molar-refractivity contribution in [3.63, 3.8) is 0 Å². The number of carbonyl (C=O) groups excluding carboxylic acids is 1.